The third-order valence-corrected chi connectivity index (χ3v) is 2.48. The summed E-state index contributed by atoms with van der Waals surface area (Å²) in [5, 5.41) is 3.50. The van der Waals surface area contributed by atoms with Crippen LogP contribution in [0.25, 0.3) is 0 Å². The molecule has 13 heavy (non-hydrogen) atoms. The number of halogens is 1. The smallest absolute Gasteiger partial charge is 0.193 e. The highest BCUT2D eigenvalue weighted by atomic mass is 35.5. The van der Waals surface area contributed by atoms with Crippen LogP contribution in [0.5, 0.6) is 0 Å². The Hall–Kier alpha value is -0.320. The minimum Gasteiger partial charge on any atom is -0.448 e. The Morgan fingerprint density at radius 2 is 2.38 bits per heavy atom. The zero-order valence-corrected chi connectivity index (χ0v) is 8.95. The van der Waals surface area contributed by atoms with Gasteiger partial charge in [0.15, 0.2) is 5.22 Å². The predicted molar refractivity (Wildman–Crippen MR) is 54.4 cm³/mol. The summed E-state index contributed by atoms with van der Waals surface area (Å²) in [5.74, 6) is 1.46. The van der Waals surface area contributed by atoms with E-state index in [1.807, 2.05) is 6.07 Å². The molecule has 1 rings (SSSR count). The Bertz CT molecular complexity index is 287. The van der Waals surface area contributed by atoms with E-state index in [0.29, 0.717) is 17.5 Å². The predicted octanol–water partition coefficient (Wildman–Crippen LogP) is 1.40. The zero-order chi connectivity index (χ0) is 9.68. The Labute approximate surface area is 84.9 Å². The molecule has 1 atom stereocenters. The Morgan fingerprint density at radius 3 is 2.92 bits per heavy atom. The molecule has 0 saturated carbocycles. The van der Waals surface area contributed by atoms with E-state index in [1.165, 1.54) is 0 Å². The average Bonchev–Trinajstić information content (AvgIpc) is 2.45. The van der Waals surface area contributed by atoms with Crippen molar-refractivity contribution in [2.24, 2.45) is 0 Å². The number of nitrogens with one attached hydrogen (secondary N) is 1. The first-order valence-electron chi connectivity index (χ1n) is 3.93. The van der Waals surface area contributed by atoms with Crippen LogP contribution in [0.4, 0.5) is 0 Å². The fraction of sp³-hybridized carbons (Fsp3) is 0.500. The molecular weight excluding hydrogens is 210 g/mol. The summed E-state index contributed by atoms with van der Waals surface area (Å²) < 4.78 is 15.8. The summed E-state index contributed by atoms with van der Waals surface area (Å²) in [6.45, 7) is 1.35. The largest absolute Gasteiger partial charge is 0.448 e. The van der Waals surface area contributed by atoms with E-state index in [9.17, 15) is 4.21 Å². The van der Waals surface area contributed by atoms with Gasteiger partial charge in [-0.1, -0.05) is 0 Å². The lowest BCUT2D eigenvalue weighted by molar-refractivity contribution is 0.489. The molecule has 1 aromatic heterocycles. The lowest BCUT2D eigenvalue weighted by Gasteiger charge is -1.99. The van der Waals surface area contributed by atoms with Crippen molar-refractivity contribution in [1.82, 2.24) is 5.32 Å². The Morgan fingerprint density at radius 1 is 1.62 bits per heavy atom. The van der Waals surface area contributed by atoms with E-state index in [2.05, 4.69) is 5.32 Å². The number of furan rings is 1. The van der Waals surface area contributed by atoms with Gasteiger partial charge in [-0.15, -0.1) is 0 Å². The highest BCUT2D eigenvalue weighted by molar-refractivity contribution is 7.84. The van der Waals surface area contributed by atoms with Crippen LogP contribution in [-0.2, 0) is 17.3 Å². The molecule has 0 bridgehead atoms. The van der Waals surface area contributed by atoms with Crippen LogP contribution < -0.4 is 5.32 Å². The van der Waals surface area contributed by atoms with E-state index < -0.39 is 10.8 Å². The summed E-state index contributed by atoms with van der Waals surface area (Å²) in [6, 6.07) is 3.52. The molecule has 0 amide bonds. The first kappa shape index (κ1) is 10.8. The fourth-order valence-corrected chi connectivity index (χ4v) is 1.47. The molecular formula is C8H12ClNO2S. The maximum Gasteiger partial charge on any atom is 0.193 e. The number of rotatable bonds is 5. The van der Waals surface area contributed by atoms with Crippen LogP contribution in [0.1, 0.15) is 5.76 Å². The molecule has 0 aliphatic heterocycles. The summed E-state index contributed by atoms with van der Waals surface area (Å²) in [5.41, 5.74) is 0. The van der Waals surface area contributed by atoms with Gasteiger partial charge in [0, 0.05) is 29.4 Å². The van der Waals surface area contributed by atoms with Crippen LogP contribution >= 0.6 is 11.6 Å². The van der Waals surface area contributed by atoms with Crippen molar-refractivity contribution < 1.29 is 8.63 Å². The van der Waals surface area contributed by atoms with E-state index in [4.69, 9.17) is 16.0 Å². The topological polar surface area (TPSA) is 42.2 Å². The molecule has 0 aromatic carbocycles. The monoisotopic (exact) mass is 221 g/mol. The Kier molecular flexibility index (Phi) is 4.48. The normalized spacial score (nSPS) is 13.1. The van der Waals surface area contributed by atoms with Crippen LogP contribution in [0, 0.1) is 0 Å². The molecule has 1 unspecified atom stereocenters. The van der Waals surface area contributed by atoms with Gasteiger partial charge < -0.3 is 9.73 Å². The van der Waals surface area contributed by atoms with E-state index in [1.54, 1.807) is 12.3 Å². The summed E-state index contributed by atoms with van der Waals surface area (Å²) in [6.07, 6.45) is 1.69. The van der Waals surface area contributed by atoms with Crippen molar-refractivity contribution in [3.05, 3.63) is 23.1 Å². The Balaban J connectivity index is 2.16. The molecule has 0 saturated heterocycles. The highest BCUT2D eigenvalue weighted by Gasteiger charge is 1.98. The van der Waals surface area contributed by atoms with Crippen molar-refractivity contribution in [3.63, 3.8) is 0 Å². The van der Waals surface area contributed by atoms with Gasteiger partial charge in [-0.3, -0.25) is 4.21 Å². The van der Waals surface area contributed by atoms with Gasteiger partial charge >= 0.3 is 0 Å². The molecule has 5 heteroatoms. The minimum absolute atomic E-state index is 0.399. The standard InChI is InChI=1S/C8H12ClNO2S/c1-13(11)5-4-10-6-7-2-3-8(9)12-7/h2-3,10H,4-6H2,1H3. The van der Waals surface area contributed by atoms with Crippen LogP contribution in [-0.4, -0.2) is 22.8 Å². The summed E-state index contributed by atoms with van der Waals surface area (Å²) in [7, 11) is -0.737. The first-order valence-corrected chi connectivity index (χ1v) is 6.04. The molecule has 0 spiro atoms. The molecule has 1 aromatic rings. The SMILES string of the molecule is CS(=O)CCNCc1ccc(Cl)o1. The first-order chi connectivity index (χ1) is 6.18. The maximum atomic E-state index is 10.7. The second-order valence-corrected chi connectivity index (χ2v) is 4.59. The van der Waals surface area contributed by atoms with Gasteiger partial charge in [-0.05, 0) is 23.7 Å². The van der Waals surface area contributed by atoms with Crippen LogP contribution in [0.3, 0.4) is 0 Å². The van der Waals surface area contributed by atoms with Gasteiger partial charge in [0.1, 0.15) is 5.76 Å². The van der Waals surface area contributed by atoms with Crippen LogP contribution in [0.2, 0.25) is 5.22 Å². The minimum atomic E-state index is -0.737. The third-order valence-electron chi connectivity index (χ3n) is 1.49. The lowest BCUT2D eigenvalue weighted by atomic mass is 10.4. The summed E-state index contributed by atoms with van der Waals surface area (Å²) in [4.78, 5) is 0. The molecule has 1 N–H and O–H groups in total. The zero-order valence-electron chi connectivity index (χ0n) is 7.38. The van der Waals surface area contributed by atoms with E-state index in [-0.39, 0.29) is 0 Å². The van der Waals surface area contributed by atoms with Gasteiger partial charge in [0.05, 0.1) is 6.54 Å². The molecule has 1 heterocycles. The molecule has 0 aliphatic rings. The van der Waals surface area contributed by atoms with Crippen molar-refractivity contribution in [2.75, 3.05) is 18.6 Å². The quantitative estimate of drug-likeness (QED) is 0.765. The number of hydrogen-bond donors (Lipinski definition) is 1. The van der Waals surface area contributed by atoms with Crippen LogP contribution in [0.15, 0.2) is 16.5 Å². The fourth-order valence-electron chi connectivity index (χ4n) is 0.874. The molecule has 0 fully saturated rings. The third kappa shape index (κ3) is 4.45. The summed E-state index contributed by atoms with van der Waals surface area (Å²) >= 11 is 5.58. The molecule has 74 valence electrons. The molecule has 3 nitrogen and oxygen atoms in total. The second kappa shape index (κ2) is 5.42. The lowest BCUT2D eigenvalue weighted by Crippen LogP contribution is -2.19. The average molecular weight is 222 g/mol. The second-order valence-electron chi connectivity index (χ2n) is 2.66. The van der Waals surface area contributed by atoms with Gasteiger partial charge in [0.2, 0.25) is 0 Å². The molecule has 0 radical (unpaired) electrons. The van der Waals surface area contributed by atoms with Crippen molar-refractivity contribution >= 4 is 22.4 Å². The van der Waals surface area contributed by atoms with Gasteiger partial charge in [-0.2, -0.15) is 0 Å². The van der Waals surface area contributed by atoms with Gasteiger partial charge in [-0.25, -0.2) is 0 Å². The highest BCUT2D eigenvalue weighted by Crippen LogP contribution is 2.12. The van der Waals surface area contributed by atoms with Crippen molar-refractivity contribution in [3.8, 4) is 0 Å². The van der Waals surface area contributed by atoms with E-state index >= 15 is 0 Å². The maximum absolute atomic E-state index is 10.7. The number of hydrogen-bond acceptors (Lipinski definition) is 3. The van der Waals surface area contributed by atoms with E-state index in [0.717, 1.165) is 12.3 Å². The van der Waals surface area contributed by atoms with Crippen molar-refractivity contribution in [2.45, 2.75) is 6.54 Å². The van der Waals surface area contributed by atoms with Crippen molar-refractivity contribution in [1.29, 1.82) is 0 Å². The molecule has 0 aliphatic carbocycles. The van der Waals surface area contributed by atoms with Gasteiger partial charge in [0.25, 0.3) is 0 Å².